The Morgan fingerprint density at radius 1 is 1.62 bits per heavy atom. The fraction of sp³-hybridized carbons (Fsp3) is 0.500. The summed E-state index contributed by atoms with van der Waals surface area (Å²) in [5.41, 5.74) is 6.01. The summed E-state index contributed by atoms with van der Waals surface area (Å²) in [6.45, 7) is 0.455. The van der Waals surface area contributed by atoms with Crippen molar-refractivity contribution in [3.05, 3.63) is 24.2 Å². The Morgan fingerprint density at radius 3 is 2.77 bits per heavy atom. The molecule has 0 aliphatic heterocycles. The van der Waals surface area contributed by atoms with Crippen LogP contribution in [0.25, 0.3) is 0 Å². The first-order chi connectivity index (χ1) is 6.28. The highest BCUT2D eigenvalue weighted by atomic mass is 16.3. The summed E-state index contributed by atoms with van der Waals surface area (Å²) in [5.74, 6) is 0.148. The summed E-state index contributed by atoms with van der Waals surface area (Å²) in [6.07, 6.45) is 5.98. The Labute approximate surface area is 76.9 Å². The first-order valence-corrected chi connectivity index (χ1v) is 4.56. The van der Waals surface area contributed by atoms with Crippen molar-refractivity contribution in [2.45, 2.75) is 19.3 Å². The second-order valence-electron chi connectivity index (χ2n) is 3.68. The van der Waals surface area contributed by atoms with Gasteiger partial charge in [0.15, 0.2) is 5.78 Å². The second kappa shape index (κ2) is 3.00. The van der Waals surface area contributed by atoms with E-state index in [1.807, 2.05) is 0 Å². The highest BCUT2D eigenvalue weighted by Gasteiger charge is 2.43. The highest BCUT2D eigenvalue weighted by molar-refractivity contribution is 6.00. The molecule has 1 aliphatic carbocycles. The van der Waals surface area contributed by atoms with Gasteiger partial charge in [0.2, 0.25) is 0 Å². The number of hydrogen-bond donors (Lipinski definition) is 1. The van der Waals surface area contributed by atoms with Crippen molar-refractivity contribution in [1.29, 1.82) is 0 Å². The Bertz CT molecular complexity index is 293. The Morgan fingerprint density at radius 2 is 2.38 bits per heavy atom. The van der Waals surface area contributed by atoms with E-state index in [-0.39, 0.29) is 11.2 Å². The molecule has 0 spiro atoms. The van der Waals surface area contributed by atoms with Gasteiger partial charge in [0.1, 0.15) is 6.26 Å². The average Bonchev–Trinajstić information content (AvgIpc) is 2.54. The van der Waals surface area contributed by atoms with Crippen LogP contribution in [0.2, 0.25) is 0 Å². The number of hydrogen-bond acceptors (Lipinski definition) is 3. The standard InChI is InChI=1S/C10H13NO2/c11-7-10(3-1-4-10)9(12)8-2-5-13-6-8/h2,5-6H,1,3-4,7,11H2. The highest BCUT2D eigenvalue weighted by Crippen LogP contribution is 2.42. The lowest BCUT2D eigenvalue weighted by Gasteiger charge is -2.38. The average molecular weight is 179 g/mol. The van der Waals surface area contributed by atoms with Crippen LogP contribution in [0.3, 0.4) is 0 Å². The minimum atomic E-state index is -0.274. The fourth-order valence-corrected chi connectivity index (χ4v) is 1.83. The zero-order chi connectivity index (χ0) is 9.31. The number of carbonyl (C=O) groups excluding carboxylic acids is 1. The molecule has 0 unspecified atom stereocenters. The number of carbonyl (C=O) groups is 1. The molecule has 1 aliphatic rings. The molecule has 0 aromatic carbocycles. The summed E-state index contributed by atoms with van der Waals surface area (Å²) in [6, 6.07) is 1.71. The second-order valence-corrected chi connectivity index (χ2v) is 3.68. The smallest absolute Gasteiger partial charge is 0.173 e. The SMILES string of the molecule is NCC1(C(=O)c2ccoc2)CCC1. The van der Waals surface area contributed by atoms with Gasteiger partial charge in [0.25, 0.3) is 0 Å². The third kappa shape index (κ3) is 1.20. The molecular formula is C10H13NO2. The summed E-state index contributed by atoms with van der Waals surface area (Å²) < 4.78 is 4.88. The van der Waals surface area contributed by atoms with Crippen LogP contribution < -0.4 is 5.73 Å². The molecule has 0 saturated heterocycles. The topological polar surface area (TPSA) is 56.2 Å². The molecule has 70 valence electrons. The Hall–Kier alpha value is -1.09. The molecule has 1 fully saturated rings. The molecule has 3 heteroatoms. The van der Waals surface area contributed by atoms with Crippen molar-refractivity contribution < 1.29 is 9.21 Å². The van der Waals surface area contributed by atoms with Crippen molar-refractivity contribution in [2.24, 2.45) is 11.1 Å². The zero-order valence-electron chi connectivity index (χ0n) is 7.45. The van der Waals surface area contributed by atoms with Crippen LogP contribution in [-0.4, -0.2) is 12.3 Å². The first-order valence-electron chi connectivity index (χ1n) is 4.56. The largest absolute Gasteiger partial charge is 0.472 e. The van der Waals surface area contributed by atoms with Crippen molar-refractivity contribution >= 4 is 5.78 Å². The van der Waals surface area contributed by atoms with Crippen molar-refractivity contribution in [2.75, 3.05) is 6.54 Å². The van der Waals surface area contributed by atoms with Crippen LogP contribution in [0.5, 0.6) is 0 Å². The first kappa shape index (κ1) is 8.51. The number of furan rings is 1. The van der Waals surface area contributed by atoms with Crippen LogP contribution >= 0.6 is 0 Å². The normalized spacial score (nSPS) is 19.5. The van der Waals surface area contributed by atoms with E-state index in [2.05, 4.69) is 0 Å². The molecule has 1 heterocycles. The van der Waals surface area contributed by atoms with E-state index in [4.69, 9.17) is 10.2 Å². The summed E-state index contributed by atoms with van der Waals surface area (Å²) in [4.78, 5) is 11.9. The van der Waals surface area contributed by atoms with E-state index in [9.17, 15) is 4.79 Å². The van der Waals surface area contributed by atoms with Gasteiger partial charge in [0.05, 0.1) is 11.8 Å². The quantitative estimate of drug-likeness (QED) is 0.717. The molecule has 0 radical (unpaired) electrons. The van der Waals surface area contributed by atoms with Gasteiger partial charge >= 0.3 is 0 Å². The lowest BCUT2D eigenvalue weighted by Crippen LogP contribution is -2.44. The minimum absolute atomic E-state index is 0.148. The molecule has 3 nitrogen and oxygen atoms in total. The molecule has 1 aromatic heterocycles. The van der Waals surface area contributed by atoms with Gasteiger partial charge in [-0.1, -0.05) is 6.42 Å². The van der Waals surface area contributed by atoms with Crippen LogP contribution in [-0.2, 0) is 0 Å². The van der Waals surface area contributed by atoms with Crippen molar-refractivity contribution in [1.82, 2.24) is 0 Å². The number of rotatable bonds is 3. The lowest BCUT2D eigenvalue weighted by atomic mass is 9.65. The van der Waals surface area contributed by atoms with Gasteiger partial charge in [-0.05, 0) is 18.9 Å². The zero-order valence-corrected chi connectivity index (χ0v) is 7.45. The Kier molecular flexibility index (Phi) is 1.96. The summed E-state index contributed by atoms with van der Waals surface area (Å²) >= 11 is 0. The van der Waals surface area contributed by atoms with Gasteiger partial charge < -0.3 is 10.2 Å². The van der Waals surface area contributed by atoms with Crippen molar-refractivity contribution in [3.8, 4) is 0 Å². The van der Waals surface area contributed by atoms with Gasteiger partial charge in [-0.15, -0.1) is 0 Å². The van der Waals surface area contributed by atoms with Gasteiger partial charge in [-0.2, -0.15) is 0 Å². The molecule has 2 N–H and O–H groups in total. The van der Waals surface area contributed by atoms with Crippen LogP contribution in [0, 0.1) is 5.41 Å². The molecule has 1 saturated carbocycles. The van der Waals surface area contributed by atoms with Gasteiger partial charge in [-0.3, -0.25) is 4.79 Å². The van der Waals surface area contributed by atoms with Crippen molar-refractivity contribution in [3.63, 3.8) is 0 Å². The van der Waals surface area contributed by atoms with Crippen LogP contribution in [0.1, 0.15) is 29.6 Å². The fourth-order valence-electron chi connectivity index (χ4n) is 1.83. The van der Waals surface area contributed by atoms with E-state index in [0.29, 0.717) is 12.1 Å². The van der Waals surface area contributed by atoms with E-state index in [0.717, 1.165) is 19.3 Å². The number of nitrogens with two attached hydrogens (primary N) is 1. The van der Waals surface area contributed by atoms with Gasteiger partial charge in [0, 0.05) is 12.0 Å². The molecule has 0 atom stereocenters. The van der Waals surface area contributed by atoms with E-state index < -0.39 is 0 Å². The van der Waals surface area contributed by atoms with E-state index in [1.165, 1.54) is 12.5 Å². The predicted octanol–water partition coefficient (Wildman–Crippen LogP) is 1.59. The number of Topliss-reactive ketones (excluding diaryl/α,β-unsaturated/α-hetero) is 1. The Balaban J connectivity index is 2.21. The third-order valence-electron chi connectivity index (χ3n) is 2.97. The number of ketones is 1. The molecule has 0 bridgehead atoms. The molecular weight excluding hydrogens is 166 g/mol. The maximum atomic E-state index is 11.9. The van der Waals surface area contributed by atoms with E-state index >= 15 is 0 Å². The third-order valence-corrected chi connectivity index (χ3v) is 2.97. The van der Waals surface area contributed by atoms with Crippen LogP contribution in [0.15, 0.2) is 23.0 Å². The predicted molar refractivity (Wildman–Crippen MR) is 48.4 cm³/mol. The van der Waals surface area contributed by atoms with Crippen LogP contribution in [0.4, 0.5) is 0 Å². The van der Waals surface area contributed by atoms with E-state index in [1.54, 1.807) is 6.07 Å². The molecule has 0 amide bonds. The molecule has 2 rings (SSSR count). The summed E-state index contributed by atoms with van der Waals surface area (Å²) in [5, 5.41) is 0. The minimum Gasteiger partial charge on any atom is -0.472 e. The molecule has 13 heavy (non-hydrogen) atoms. The molecule has 1 aromatic rings. The maximum absolute atomic E-state index is 11.9. The van der Waals surface area contributed by atoms with Gasteiger partial charge in [-0.25, -0.2) is 0 Å². The summed E-state index contributed by atoms with van der Waals surface area (Å²) in [7, 11) is 0. The lowest BCUT2D eigenvalue weighted by molar-refractivity contribution is 0.0635. The monoisotopic (exact) mass is 179 g/mol. The maximum Gasteiger partial charge on any atom is 0.173 e.